The van der Waals surface area contributed by atoms with Gasteiger partial charge < -0.3 is 14.7 Å². The molecule has 0 bridgehead atoms. The van der Waals surface area contributed by atoms with Crippen LogP contribution in [0.1, 0.15) is 22.7 Å². The zero-order valence-electron chi connectivity index (χ0n) is 15.4. The number of hydrogen-bond acceptors (Lipinski definition) is 4. The van der Waals surface area contributed by atoms with Gasteiger partial charge in [0.25, 0.3) is 11.7 Å². The topological polar surface area (TPSA) is 66.8 Å². The molecule has 0 spiro atoms. The number of Topliss-reactive ketones (excluding diaryl/α,β-unsaturated/α-hetero) is 1. The maximum Gasteiger partial charge on any atom is 0.295 e. The fourth-order valence-electron chi connectivity index (χ4n) is 3.20. The molecule has 0 unspecified atom stereocenters. The predicted octanol–water partition coefficient (Wildman–Crippen LogP) is 4.37. The number of hydrogen-bond donors (Lipinski definition) is 1. The molecule has 146 valence electrons. The molecular weight excluding hydrogens is 401 g/mol. The van der Waals surface area contributed by atoms with Crippen LogP contribution in [0.25, 0.3) is 5.76 Å². The van der Waals surface area contributed by atoms with Crippen LogP contribution in [0.2, 0.25) is 10.0 Å². The minimum absolute atomic E-state index is 0.0170. The van der Waals surface area contributed by atoms with Crippen molar-refractivity contribution in [2.45, 2.75) is 13.0 Å². The first-order chi connectivity index (χ1) is 13.3. The van der Waals surface area contributed by atoms with Crippen LogP contribution >= 0.6 is 23.2 Å². The first-order valence-electron chi connectivity index (χ1n) is 8.64. The summed E-state index contributed by atoms with van der Waals surface area (Å²) in [4.78, 5) is 26.8. The van der Waals surface area contributed by atoms with Crippen LogP contribution in [-0.4, -0.2) is 42.0 Å². The number of aliphatic hydroxyl groups is 1. The van der Waals surface area contributed by atoms with E-state index in [1.165, 1.54) is 12.0 Å². The van der Waals surface area contributed by atoms with Crippen LogP contribution in [0.4, 0.5) is 0 Å². The number of carbonyl (C=O) groups excluding carboxylic acids is 2. The minimum Gasteiger partial charge on any atom is -0.507 e. The van der Waals surface area contributed by atoms with Gasteiger partial charge in [-0.25, -0.2) is 0 Å². The quantitative estimate of drug-likeness (QED) is 0.443. The largest absolute Gasteiger partial charge is 0.507 e. The molecule has 1 aliphatic rings. The molecule has 0 saturated carbocycles. The zero-order chi connectivity index (χ0) is 20.4. The highest BCUT2D eigenvalue weighted by Gasteiger charge is 2.45. The Morgan fingerprint density at radius 1 is 1.11 bits per heavy atom. The number of ether oxygens (including phenoxy) is 1. The number of benzene rings is 2. The molecule has 2 aromatic carbocycles. The molecule has 1 saturated heterocycles. The maximum atomic E-state index is 12.8. The van der Waals surface area contributed by atoms with Crippen molar-refractivity contribution in [2.24, 2.45) is 0 Å². The molecule has 3 rings (SSSR count). The number of likely N-dealkylation sites (tertiary alicyclic amines) is 1. The molecule has 0 aromatic heterocycles. The summed E-state index contributed by atoms with van der Waals surface area (Å²) in [7, 11) is 1.51. The summed E-state index contributed by atoms with van der Waals surface area (Å²) in [6.45, 7) is 2.36. The highest BCUT2D eigenvalue weighted by Crippen LogP contribution is 2.40. The Balaban J connectivity index is 2.17. The fraction of sp³-hybridized carbons (Fsp3) is 0.238. The number of nitrogens with zero attached hydrogens (tertiary/aromatic N) is 1. The van der Waals surface area contributed by atoms with Crippen molar-refractivity contribution in [1.82, 2.24) is 4.90 Å². The summed E-state index contributed by atoms with van der Waals surface area (Å²) in [6.07, 6.45) is 0. The van der Waals surface area contributed by atoms with Crippen molar-refractivity contribution in [2.75, 3.05) is 20.3 Å². The number of ketones is 1. The summed E-state index contributed by atoms with van der Waals surface area (Å²) in [6, 6.07) is 11.2. The molecule has 1 N–H and O–H groups in total. The van der Waals surface area contributed by atoms with E-state index in [1.807, 2.05) is 19.1 Å². The van der Waals surface area contributed by atoms with Gasteiger partial charge in [0.1, 0.15) is 5.76 Å². The first-order valence-corrected chi connectivity index (χ1v) is 9.40. The van der Waals surface area contributed by atoms with E-state index < -0.39 is 17.7 Å². The van der Waals surface area contributed by atoms with E-state index in [4.69, 9.17) is 27.9 Å². The standard InChI is InChI=1S/C21H19Cl2NO4/c1-12-3-5-13(6-4-12)19(25)17-18(14-7-8-15(22)16(23)11-14)24(9-10-28-2)21(27)20(17)26/h3-8,11,18,25H,9-10H2,1-2H3/t18-/m0/s1. The number of amides is 1. The second kappa shape index (κ2) is 8.35. The summed E-state index contributed by atoms with van der Waals surface area (Å²) >= 11 is 12.2. The van der Waals surface area contributed by atoms with Gasteiger partial charge in [-0.3, -0.25) is 9.59 Å². The van der Waals surface area contributed by atoms with Crippen LogP contribution in [-0.2, 0) is 14.3 Å². The third kappa shape index (κ3) is 3.78. The molecule has 2 aromatic rings. The first kappa shape index (κ1) is 20.4. The number of aliphatic hydroxyl groups excluding tert-OH is 1. The molecule has 1 heterocycles. The van der Waals surface area contributed by atoms with Gasteiger partial charge >= 0.3 is 0 Å². The van der Waals surface area contributed by atoms with Gasteiger partial charge in [-0.2, -0.15) is 0 Å². The Bertz CT molecular complexity index is 953. The fourth-order valence-corrected chi connectivity index (χ4v) is 3.50. The lowest BCUT2D eigenvalue weighted by Crippen LogP contribution is -2.32. The van der Waals surface area contributed by atoms with Crippen molar-refractivity contribution in [1.29, 1.82) is 0 Å². The van der Waals surface area contributed by atoms with Crippen molar-refractivity contribution in [3.63, 3.8) is 0 Å². The van der Waals surface area contributed by atoms with Gasteiger partial charge in [0, 0.05) is 19.2 Å². The number of halogens is 2. The number of carbonyl (C=O) groups is 2. The molecule has 0 aliphatic carbocycles. The van der Waals surface area contributed by atoms with Gasteiger partial charge in [0.15, 0.2) is 0 Å². The van der Waals surface area contributed by atoms with E-state index in [1.54, 1.807) is 30.3 Å². The normalized spacial score (nSPS) is 18.7. The van der Waals surface area contributed by atoms with Crippen LogP contribution in [0.5, 0.6) is 0 Å². The third-order valence-electron chi connectivity index (χ3n) is 4.66. The molecule has 1 atom stereocenters. The van der Waals surface area contributed by atoms with E-state index in [0.29, 0.717) is 21.2 Å². The predicted molar refractivity (Wildman–Crippen MR) is 109 cm³/mol. The zero-order valence-corrected chi connectivity index (χ0v) is 16.9. The Labute approximate surface area is 173 Å². The molecule has 1 aliphatic heterocycles. The lowest BCUT2D eigenvalue weighted by atomic mass is 9.95. The number of rotatable bonds is 5. The second-order valence-electron chi connectivity index (χ2n) is 6.52. The Hall–Kier alpha value is -2.34. The van der Waals surface area contributed by atoms with Crippen molar-refractivity contribution in [3.8, 4) is 0 Å². The summed E-state index contributed by atoms with van der Waals surface area (Å²) in [5, 5.41) is 11.5. The van der Waals surface area contributed by atoms with E-state index in [2.05, 4.69) is 0 Å². The SMILES string of the molecule is COCCN1C(=O)C(=O)C(=C(O)c2ccc(C)cc2)[C@@H]1c1ccc(Cl)c(Cl)c1. The smallest absolute Gasteiger partial charge is 0.295 e. The molecule has 0 radical (unpaired) electrons. The van der Waals surface area contributed by atoms with E-state index in [9.17, 15) is 14.7 Å². The van der Waals surface area contributed by atoms with Gasteiger partial charge in [-0.15, -0.1) is 0 Å². The highest BCUT2D eigenvalue weighted by atomic mass is 35.5. The lowest BCUT2D eigenvalue weighted by Gasteiger charge is -2.25. The van der Waals surface area contributed by atoms with Gasteiger partial charge in [-0.05, 0) is 24.6 Å². The average Bonchev–Trinajstić information content (AvgIpc) is 2.93. The maximum absolute atomic E-state index is 12.8. The molecule has 28 heavy (non-hydrogen) atoms. The Morgan fingerprint density at radius 2 is 1.79 bits per heavy atom. The second-order valence-corrected chi connectivity index (χ2v) is 7.34. The summed E-state index contributed by atoms with van der Waals surface area (Å²) in [5.74, 6) is -1.67. The Kier molecular flexibility index (Phi) is 6.08. The van der Waals surface area contributed by atoms with E-state index in [0.717, 1.165) is 5.56 Å². The number of aryl methyl sites for hydroxylation is 1. The van der Waals surface area contributed by atoms with Crippen molar-refractivity contribution < 1.29 is 19.4 Å². The van der Waals surface area contributed by atoms with Crippen LogP contribution in [0.3, 0.4) is 0 Å². The van der Waals surface area contributed by atoms with Crippen molar-refractivity contribution >= 4 is 40.7 Å². The van der Waals surface area contributed by atoms with Crippen molar-refractivity contribution in [3.05, 3.63) is 74.8 Å². The van der Waals surface area contributed by atoms with Crippen LogP contribution < -0.4 is 0 Å². The summed E-state index contributed by atoms with van der Waals surface area (Å²) in [5.41, 5.74) is 2.07. The highest BCUT2D eigenvalue weighted by molar-refractivity contribution is 6.46. The Morgan fingerprint density at radius 3 is 2.39 bits per heavy atom. The van der Waals surface area contributed by atoms with Crippen LogP contribution in [0.15, 0.2) is 48.0 Å². The van der Waals surface area contributed by atoms with E-state index >= 15 is 0 Å². The van der Waals surface area contributed by atoms with Crippen LogP contribution in [0, 0.1) is 6.92 Å². The monoisotopic (exact) mass is 419 g/mol. The molecule has 5 nitrogen and oxygen atoms in total. The van der Waals surface area contributed by atoms with E-state index in [-0.39, 0.29) is 24.5 Å². The molecule has 7 heteroatoms. The third-order valence-corrected chi connectivity index (χ3v) is 5.40. The molecular formula is C21H19Cl2NO4. The molecule has 1 fully saturated rings. The number of methoxy groups -OCH3 is 1. The molecule has 1 amide bonds. The lowest BCUT2D eigenvalue weighted by molar-refractivity contribution is -0.140. The minimum atomic E-state index is -0.786. The van der Waals surface area contributed by atoms with Gasteiger partial charge in [0.05, 0.1) is 28.3 Å². The summed E-state index contributed by atoms with van der Waals surface area (Å²) < 4.78 is 5.08. The van der Waals surface area contributed by atoms with Gasteiger partial charge in [0.2, 0.25) is 0 Å². The van der Waals surface area contributed by atoms with Gasteiger partial charge in [-0.1, -0.05) is 59.1 Å². The average molecular weight is 420 g/mol.